The zero-order valence-electron chi connectivity index (χ0n) is 8.41. The summed E-state index contributed by atoms with van der Waals surface area (Å²) in [5.41, 5.74) is 7.70. The molecular formula is C11H14ClNO2. The van der Waals surface area contributed by atoms with Crippen LogP contribution in [0.5, 0.6) is 0 Å². The van der Waals surface area contributed by atoms with E-state index in [1.807, 2.05) is 18.2 Å². The van der Waals surface area contributed by atoms with E-state index in [0.29, 0.717) is 19.8 Å². The first-order valence-corrected chi connectivity index (χ1v) is 5.38. The van der Waals surface area contributed by atoms with E-state index < -0.39 is 0 Å². The van der Waals surface area contributed by atoms with Gasteiger partial charge in [0, 0.05) is 11.4 Å². The molecular weight excluding hydrogens is 214 g/mol. The number of nitrogens with two attached hydrogens (primary N) is 1. The van der Waals surface area contributed by atoms with E-state index in [-0.39, 0.29) is 6.29 Å². The van der Waals surface area contributed by atoms with Gasteiger partial charge in [-0.25, -0.2) is 0 Å². The molecule has 82 valence electrons. The standard InChI is InChI=1S/C11H14ClNO2/c12-10-2-1-8-6-14-11(3-4-13)15-7-9(8)5-10/h1-2,5,11H,3-4,6-7,13H2. The Labute approximate surface area is 94.1 Å². The Hall–Kier alpha value is -0.610. The zero-order chi connectivity index (χ0) is 10.7. The molecule has 15 heavy (non-hydrogen) atoms. The van der Waals surface area contributed by atoms with Crippen LogP contribution in [0, 0.1) is 0 Å². The van der Waals surface area contributed by atoms with Crippen LogP contribution in [0.2, 0.25) is 5.02 Å². The summed E-state index contributed by atoms with van der Waals surface area (Å²) >= 11 is 5.91. The fraction of sp³-hybridized carbons (Fsp3) is 0.455. The number of rotatable bonds is 2. The highest BCUT2D eigenvalue weighted by atomic mass is 35.5. The summed E-state index contributed by atoms with van der Waals surface area (Å²) in [4.78, 5) is 0. The molecule has 0 spiro atoms. The molecule has 1 unspecified atom stereocenters. The second-order valence-corrected chi connectivity index (χ2v) is 3.98. The number of hydrogen-bond acceptors (Lipinski definition) is 3. The fourth-order valence-electron chi connectivity index (χ4n) is 1.59. The smallest absolute Gasteiger partial charge is 0.159 e. The van der Waals surface area contributed by atoms with Crippen LogP contribution in [0.4, 0.5) is 0 Å². The molecule has 4 heteroatoms. The number of benzene rings is 1. The first-order chi connectivity index (χ1) is 7.29. The van der Waals surface area contributed by atoms with Gasteiger partial charge in [-0.2, -0.15) is 0 Å². The van der Waals surface area contributed by atoms with Crippen molar-refractivity contribution in [2.45, 2.75) is 25.9 Å². The number of fused-ring (bicyclic) bond motifs is 1. The molecule has 0 radical (unpaired) electrons. The third kappa shape index (κ3) is 2.69. The van der Waals surface area contributed by atoms with Gasteiger partial charge in [0.2, 0.25) is 0 Å². The molecule has 1 aromatic rings. The minimum Gasteiger partial charge on any atom is -0.348 e. The average molecular weight is 228 g/mol. The predicted octanol–water partition coefficient (Wildman–Crippen LogP) is 2.06. The van der Waals surface area contributed by atoms with Crippen molar-refractivity contribution in [2.24, 2.45) is 5.73 Å². The van der Waals surface area contributed by atoms with Crippen molar-refractivity contribution in [1.82, 2.24) is 0 Å². The van der Waals surface area contributed by atoms with Gasteiger partial charge in [-0.1, -0.05) is 17.7 Å². The maximum absolute atomic E-state index is 5.91. The normalized spacial score (nSPS) is 20.8. The molecule has 0 aliphatic carbocycles. The first kappa shape index (κ1) is 10.9. The Kier molecular flexibility index (Phi) is 3.59. The highest BCUT2D eigenvalue weighted by Gasteiger charge is 2.16. The average Bonchev–Trinajstić information content (AvgIpc) is 2.42. The highest BCUT2D eigenvalue weighted by Crippen LogP contribution is 2.22. The Morgan fingerprint density at radius 2 is 2.00 bits per heavy atom. The number of halogens is 1. The monoisotopic (exact) mass is 227 g/mol. The minimum absolute atomic E-state index is 0.193. The van der Waals surface area contributed by atoms with E-state index in [1.165, 1.54) is 0 Å². The lowest BCUT2D eigenvalue weighted by Gasteiger charge is -2.13. The van der Waals surface area contributed by atoms with Crippen molar-refractivity contribution >= 4 is 11.6 Å². The molecule has 1 aromatic carbocycles. The van der Waals surface area contributed by atoms with Crippen LogP contribution >= 0.6 is 11.6 Å². The van der Waals surface area contributed by atoms with Crippen LogP contribution in [0.25, 0.3) is 0 Å². The van der Waals surface area contributed by atoms with Crippen LogP contribution in [0.3, 0.4) is 0 Å². The summed E-state index contributed by atoms with van der Waals surface area (Å²) in [5.74, 6) is 0. The van der Waals surface area contributed by atoms with Gasteiger partial charge in [0.1, 0.15) is 0 Å². The molecule has 1 heterocycles. The van der Waals surface area contributed by atoms with Gasteiger partial charge >= 0.3 is 0 Å². The third-order valence-corrected chi connectivity index (χ3v) is 2.66. The van der Waals surface area contributed by atoms with E-state index in [0.717, 1.165) is 22.6 Å². The molecule has 0 saturated heterocycles. The molecule has 0 fully saturated rings. The van der Waals surface area contributed by atoms with E-state index in [9.17, 15) is 0 Å². The maximum atomic E-state index is 5.91. The van der Waals surface area contributed by atoms with E-state index in [2.05, 4.69) is 0 Å². The van der Waals surface area contributed by atoms with Gasteiger partial charge in [-0.15, -0.1) is 0 Å². The van der Waals surface area contributed by atoms with E-state index in [1.54, 1.807) is 0 Å². The lowest BCUT2D eigenvalue weighted by atomic mass is 10.1. The van der Waals surface area contributed by atoms with Gasteiger partial charge < -0.3 is 15.2 Å². The molecule has 2 N–H and O–H groups in total. The van der Waals surface area contributed by atoms with Crippen LogP contribution in [-0.4, -0.2) is 12.8 Å². The van der Waals surface area contributed by atoms with Crippen LogP contribution in [0.15, 0.2) is 18.2 Å². The molecule has 0 bridgehead atoms. The lowest BCUT2D eigenvalue weighted by molar-refractivity contribution is -0.150. The predicted molar refractivity (Wildman–Crippen MR) is 58.5 cm³/mol. The van der Waals surface area contributed by atoms with Gasteiger partial charge in [0.05, 0.1) is 13.2 Å². The summed E-state index contributed by atoms with van der Waals surface area (Å²) in [6.45, 7) is 1.68. The Morgan fingerprint density at radius 1 is 1.27 bits per heavy atom. The Balaban J connectivity index is 2.11. The van der Waals surface area contributed by atoms with Crippen molar-refractivity contribution in [3.05, 3.63) is 34.3 Å². The second-order valence-electron chi connectivity index (χ2n) is 3.54. The summed E-state index contributed by atoms with van der Waals surface area (Å²) < 4.78 is 11.1. The van der Waals surface area contributed by atoms with Crippen molar-refractivity contribution in [3.8, 4) is 0 Å². The summed E-state index contributed by atoms with van der Waals surface area (Å²) in [6, 6.07) is 5.77. The van der Waals surface area contributed by atoms with Gasteiger partial charge in [0.25, 0.3) is 0 Å². The van der Waals surface area contributed by atoms with Crippen molar-refractivity contribution < 1.29 is 9.47 Å². The molecule has 1 aliphatic rings. The number of ether oxygens (including phenoxy) is 2. The second kappa shape index (κ2) is 4.94. The zero-order valence-corrected chi connectivity index (χ0v) is 9.17. The SMILES string of the molecule is NCCC1OCc2ccc(Cl)cc2CO1. The first-order valence-electron chi connectivity index (χ1n) is 5.00. The topological polar surface area (TPSA) is 44.5 Å². The summed E-state index contributed by atoms with van der Waals surface area (Å²) in [7, 11) is 0. The van der Waals surface area contributed by atoms with Gasteiger partial charge in [0.15, 0.2) is 6.29 Å². The largest absolute Gasteiger partial charge is 0.348 e. The molecule has 0 saturated carbocycles. The van der Waals surface area contributed by atoms with Crippen LogP contribution < -0.4 is 5.73 Å². The van der Waals surface area contributed by atoms with Crippen LogP contribution in [-0.2, 0) is 22.7 Å². The minimum atomic E-state index is -0.193. The summed E-state index contributed by atoms with van der Waals surface area (Å²) in [5, 5.41) is 0.731. The summed E-state index contributed by atoms with van der Waals surface area (Å²) in [6.07, 6.45) is 0.531. The van der Waals surface area contributed by atoms with E-state index >= 15 is 0 Å². The number of hydrogen-bond donors (Lipinski definition) is 1. The molecule has 3 nitrogen and oxygen atoms in total. The molecule has 0 amide bonds. The fourth-order valence-corrected chi connectivity index (χ4v) is 1.78. The van der Waals surface area contributed by atoms with Gasteiger partial charge in [-0.3, -0.25) is 0 Å². The van der Waals surface area contributed by atoms with Crippen molar-refractivity contribution in [1.29, 1.82) is 0 Å². The maximum Gasteiger partial charge on any atom is 0.159 e. The molecule has 1 atom stereocenters. The lowest BCUT2D eigenvalue weighted by Crippen LogP contribution is -2.18. The van der Waals surface area contributed by atoms with Crippen LogP contribution in [0.1, 0.15) is 17.5 Å². The van der Waals surface area contributed by atoms with Gasteiger partial charge in [-0.05, 0) is 29.8 Å². The third-order valence-electron chi connectivity index (χ3n) is 2.42. The Morgan fingerprint density at radius 3 is 2.73 bits per heavy atom. The Bertz CT molecular complexity index is 343. The highest BCUT2D eigenvalue weighted by molar-refractivity contribution is 6.30. The van der Waals surface area contributed by atoms with Crippen molar-refractivity contribution in [3.63, 3.8) is 0 Å². The quantitative estimate of drug-likeness (QED) is 0.841. The van der Waals surface area contributed by atoms with Crippen molar-refractivity contribution in [2.75, 3.05) is 6.54 Å². The molecule has 0 aromatic heterocycles. The van der Waals surface area contributed by atoms with E-state index in [4.69, 9.17) is 26.8 Å². The molecule has 1 aliphatic heterocycles. The molecule has 2 rings (SSSR count).